The van der Waals surface area contributed by atoms with E-state index in [-0.39, 0.29) is 6.61 Å². The maximum absolute atomic E-state index is 8.73. The second kappa shape index (κ2) is 3.46. The third kappa shape index (κ3) is 1.78. The van der Waals surface area contributed by atoms with Crippen LogP contribution in [0.5, 0.6) is 0 Å². The van der Waals surface area contributed by atoms with Crippen molar-refractivity contribution in [2.24, 2.45) is 0 Å². The Morgan fingerprint density at radius 1 is 1.40 bits per heavy atom. The van der Waals surface area contributed by atoms with Gasteiger partial charge in [0, 0.05) is 4.47 Å². The highest BCUT2D eigenvalue weighted by Crippen LogP contribution is 2.17. The Bertz CT molecular complexity index is 239. The highest BCUT2D eigenvalue weighted by atomic mass is 79.9. The van der Waals surface area contributed by atoms with Gasteiger partial charge in [-0.15, -0.1) is 0 Å². The van der Waals surface area contributed by atoms with Crippen molar-refractivity contribution in [1.82, 2.24) is 4.98 Å². The molecule has 0 atom stereocenters. The number of aliphatic hydroxyl groups excluding tert-OH is 1. The van der Waals surface area contributed by atoms with Gasteiger partial charge in [-0.2, -0.15) is 0 Å². The van der Waals surface area contributed by atoms with E-state index in [2.05, 4.69) is 36.8 Å². The van der Waals surface area contributed by atoms with Gasteiger partial charge in [-0.25, -0.2) is 4.98 Å². The fourth-order valence-corrected chi connectivity index (χ4v) is 1.26. The summed E-state index contributed by atoms with van der Waals surface area (Å²) in [5.41, 5.74) is 0.648. The van der Waals surface area contributed by atoms with Crippen LogP contribution >= 0.6 is 31.9 Å². The smallest absolute Gasteiger partial charge is 0.106 e. The van der Waals surface area contributed by atoms with E-state index in [0.717, 1.165) is 9.08 Å². The largest absolute Gasteiger partial charge is 0.390 e. The molecule has 4 heteroatoms. The lowest BCUT2D eigenvalue weighted by Gasteiger charge is -1.98. The minimum absolute atomic E-state index is 0.0416. The van der Waals surface area contributed by atoms with E-state index in [1.54, 1.807) is 0 Å². The van der Waals surface area contributed by atoms with E-state index >= 15 is 0 Å². The average Bonchev–Trinajstić information content (AvgIpc) is 1.94. The van der Waals surface area contributed by atoms with Crippen molar-refractivity contribution < 1.29 is 5.11 Å². The van der Waals surface area contributed by atoms with Crippen LogP contribution in [0.3, 0.4) is 0 Å². The Hall–Kier alpha value is 0.0700. The third-order valence-corrected chi connectivity index (χ3v) is 2.20. The Balaban J connectivity index is 3.09. The van der Waals surface area contributed by atoms with Crippen LogP contribution in [0, 0.1) is 0 Å². The van der Waals surface area contributed by atoms with Gasteiger partial charge in [0.25, 0.3) is 0 Å². The maximum Gasteiger partial charge on any atom is 0.106 e. The molecule has 10 heavy (non-hydrogen) atoms. The molecule has 0 saturated heterocycles. The topological polar surface area (TPSA) is 33.1 Å². The Kier molecular flexibility index (Phi) is 2.82. The van der Waals surface area contributed by atoms with Crippen LogP contribution in [-0.4, -0.2) is 10.1 Å². The molecular weight excluding hydrogens is 262 g/mol. The van der Waals surface area contributed by atoms with Gasteiger partial charge in [0.15, 0.2) is 0 Å². The lowest BCUT2D eigenvalue weighted by atomic mass is 10.4. The summed E-state index contributed by atoms with van der Waals surface area (Å²) < 4.78 is 1.57. The molecule has 54 valence electrons. The van der Waals surface area contributed by atoms with Gasteiger partial charge in [-0.3, -0.25) is 0 Å². The van der Waals surface area contributed by atoms with E-state index in [1.165, 1.54) is 0 Å². The van der Waals surface area contributed by atoms with Crippen molar-refractivity contribution in [3.8, 4) is 0 Å². The second-order valence-electron chi connectivity index (χ2n) is 1.72. The molecule has 2 nitrogen and oxygen atoms in total. The number of nitrogens with zero attached hydrogens (tertiary/aromatic N) is 1. The number of rotatable bonds is 1. The zero-order valence-electron chi connectivity index (χ0n) is 5.01. The van der Waals surface area contributed by atoms with Crippen LogP contribution in [0.2, 0.25) is 0 Å². The first-order valence-corrected chi connectivity index (χ1v) is 4.24. The number of aromatic nitrogens is 1. The zero-order chi connectivity index (χ0) is 7.56. The van der Waals surface area contributed by atoms with Crippen molar-refractivity contribution in [2.45, 2.75) is 6.61 Å². The summed E-state index contributed by atoms with van der Waals surface area (Å²) in [6.07, 6.45) is 0. The molecule has 0 aliphatic carbocycles. The van der Waals surface area contributed by atoms with Crippen molar-refractivity contribution >= 4 is 31.9 Å². The first kappa shape index (κ1) is 8.17. The molecule has 0 amide bonds. The van der Waals surface area contributed by atoms with Gasteiger partial charge in [0.05, 0.1) is 12.3 Å². The predicted molar refractivity (Wildman–Crippen MR) is 45.6 cm³/mol. The molecule has 0 aromatic carbocycles. The lowest BCUT2D eigenvalue weighted by molar-refractivity contribution is 0.276. The molecule has 0 unspecified atom stereocenters. The summed E-state index contributed by atoms with van der Waals surface area (Å²) in [4.78, 5) is 4.01. The summed E-state index contributed by atoms with van der Waals surface area (Å²) in [5.74, 6) is 0. The second-order valence-corrected chi connectivity index (χ2v) is 3.39. The molecule has 0 aliphatic heterocycles. The quantitative estimate of drug-likeness (QED) is 0.790. The molecule has 1 rings (SSSR count). The van der Waals surface area contributed by atoms with Crippen molar-refractivity contribution in [3.63, 3.8) is 0 Å². The highest BCUT2D eigenvalue weighted by Gasteiger charge is 1.98. The Morgan fingerprint density at radius 3 is 2.60 bits per heavy atom. The maximum atomic E-state index is 8.73. The zero-order valence-corrected chi connectivity index (χ0v) is 8.18. The normalized spacial score (nSPS) is 9.90. The summed E-state index contributed by atoms with van der Waals surface area (Å²) in [6.45, 7) is -0.0416. The van der Waals surface area contributed by atoms with Crippen molar-refractivity contribution in [2.75, 3.05) is 0 Å². The molecule has 0 bridgehead atoms. The highest BCUT2D eigenvalue weighted by molar-refractivity contribution is 9.11. The third-order valence-electron chi connectivity index (χ3n) is 1.03. The minimum atomic E-state index is -0.0416. The van der Waals surface area contributed by atoms with Crippen molar-refractivity contribution in [3.05, 3.63) is 26.9 Å². The van der Waals surface area contributed by atoms with Crippen molar-refractivity contribution in [1.29, 1.82) is 0 Å². The number of hydrogen-bond donors (Lipinski definition) is 1. The molecule has 0 spiro atoms. The summed E-state index contributed by atoms with van der Waals surface area (Å²) in [6, 6.07) is 3.64. The van der Waals surface area contributed by atoms with Gasteiger partial charge >= 0.3 is 0 Å². The van der Waals surface area contributed by atoms with Crippen LogP contribution in [0.1, 0.15) is 5.69 Å². The van der Waals surface area contributed by atoms with Crippen LogP contribution in [0.25, 0.3) is 0 Å². The molecular formula is C6H5Br2NO. The van der Waals surface area contributed by atoms with Crippen LogP contribution in [-0.2, 0) is 6.61 Å². The molecule has 1 aromatic rings. The van der Waals surface area contributed by atoms with E-state index < -0.39 is 0 Å². The molecule has 0 fully saturated rings. The molecule has 1 N–H and O–H groups in total. The van der Waals surface area contributed by atoms with Gasteiger partial charge < -0.3 is 5.11 Å². The van der Waals surface area contributed by atoms with E-state index in [0.29, 0.717) is 5.69 Å². The van der Waals surface area contributed by atoms with E-state index in [4.69, 9.17) is 5.11 Å². The van der Waals surface area contributed by atoms with Gasteiger partial charge in [-0.1, -0.05) is 0 Å². The lowest BCUT2D eigenvalue weighted by Crippen LogP contribution is -1.90. The Morgan fingerprint density at radius 2 is 2.10 bits per heavy atom. The molecule has 1 heterocycles. The minimum Gasteiger partial charge on any atom is -0.390 e. The molecule has 1 aromatic heterocycles. The van der Waals surface area contributed by atoms with Crippen LogP contribution in [0.15, 0.2) is 21.2 Å². The first-order chi connectivity index (χ1) is 4.74. The molecule has 0 aliphatic rings. The fourth-order valence-electron chi connectivity index (χ4n) is 0.569. The van der Waals surface area contributed by atoms with Crippen LogP contribution in [0.4, 0.5) is 0 Å². The first-order valence-electron chi connectivity index (χ1n) is 2.66. The van der Waals surface area contributed by atoms with E-state index in [9.17, 15) is 0 Å². The summed E-state index contributed by atoms with van der Waals surface area (Å²) >= 11 is 6.44. The standard InChI is InChI=1S/C6H5Br2NO/c7-4-1-2-6(8)9-5(4)3-10/h1-2,10H,3H2. The summed E-state index contributed by atoms with van der Waals surface area (Å²) in [5, 5.41) is 8.73. The van der Waals surface area contributed by atoms with E-state index in [1.807, 2.05) is 12.1 Å². The molecule has 0 radical (unpaired) electrons. The van der Waals surface area contributed by atoms with Crippen LogP contribution < -0.4 is 0 Å². The monoisotopic (exact) mass is 265 g/mol. The number of hydrogen-bond acceptors (Lipinski definition) is 2. The molecule has 0 saturated carbocycles. The van der Waals surface area contributed by atoms with Gasteiger partial charge in [0.1, 0.15) is 4.60 Å². The summed E-state index contributed by atoms with van der Waals surface area (Å²) in [7, 11) is 0. The fraction of sp³-hybridized carbons (Fsp3) is 0.167. The van der Waals surface area contributed by atoms with Gasteiger partial charge in [0.2, 0.25) is 0 Å². The number of aliphatic hydroxyl groups is 1. The number of pyridine rings is 1. The SMILES string of the molecule is OCc1nc(Br)ccc1Br. The Labute approximate surface area is 75.5 Å². The van der Waals surface area contributed by atoms with Gasteiger partial charge in [-0.05, 0) is 44.0 Å². The predicted octanol–water partition coefficient (Wildman–Crippen LogP) is 2.10. The number of halogens is 2. The average molecular weight is 267 g/mol.